The number of pyridine rings is 1. The summed E-state index contributed by atoms with van der Waals surface area (Å²) in [6.07, 6.45) is -17.3. The van der Waals surface area contributed by atoms with Gasteiger partial charge in [0.1, 0.15) is 0 Å². The number of halogens is 12. The quantitative estimate of drug-likeness (QED) is 0.161. The molecule has 0 radical (unpaired) electrons. The molecule has 68 heavy (non-hydrogen) atoms. The first-order chi connectivity index (χ1) is 32.2. The number of nitriles is 1. The summed E-state index contributed by atoms with van der Waals surface area (Å²) in [4.78, 5) is 4.67. The maximum Gasteiger partial charge on any atom is 0.417 e. The molecule has 0 aliphatic carbocycles. The minimum absolute atomic E-state index is 0.00771. The van der Waals surface area contributed by atoms with Crippen molar-refractivity contribution >= 4 is 43.6 Å². The van der Waals surface area contributed by atoms with Crippen LogP contribution in [0.2, 0.25) is 0 Å². The SMILES string of the molecule is N#Cc1ccccc1-c1c(-n2c3ccccc3c3cc(-c4ccc(C(F)(F)F)cc4C(F)(F)F)ccc32)cncc1-n1c2ccccc2c2cc(-c3ccc(C(F)(F)F)cc3C(F)(F)F)ccc21. The Labute approximate surface area is 376 Å². The van der Waals surface area contributed by atoms with Gasteiger partial charge in [0, 0.05) is 32.7 Å². The van der Waals surface area contributed by atoms with Crippen molar-refractivity contribution in [1.29, 1.82) is 5.26 Å². The fourth-order valence-electron chi connectivity index (χ4n) is 9.07. The Balaban J connectivity index is 1.24. The van der Waals surface area contributed by atoms with Gasteiger partial charge in [-0.3, -0.25) is 4.98 Å². The summed E-state index contributed by atoms with van der Waals surface area (Å²) >= 11 is 0. The van der Waals surface area contributed by atoms with Crippen LogP contribution < -0.4 is 0 Å². The summed E-state index contributed by atoms with van der Waals surface area (Å²) in [7, 11) is 0. The van der Waals surface area contributed by atoms with Crippen LogP contribution in [0.1, 0.15) is 27.8 Å². The number of hydrogen-bond acceptors (Lipinski definition) is 2. The van der Waals surface area contributed by atoms with Crippen LogP contribution >= 0.6 is 0 Å². The van der Waals surface area contributed by atoms with E-state index in [0.717, 1.165) is 12.1 Å². The second-order valence-electron chi connectivity index (χ2n) is 15.9. The molecule has 0 N–H and O–H groups in total. The molecule has 0 unspecified atom stereocenters. The standard InChI is InChI=1S/C52H26F12N4/c53-49(54,55)31-15-17-33(40(23-31)51(59,60)61)28-13-19-44-38(21-28)36-9-3-5-11-42(36)67(44)46-26-66-27-47(48(46)35-8-2-1-7-30(35)25-65)68-43-12-6-4-10-37(43)39-22-29(14-20-45(39)68)34-18-16-32(50(56,57)58)24-41(34)52(62,63)64/h1-24,26-27H. The van der Waals surface area contributed by atoms with Gasteiger partial charge in [-0.2, -0.15) is 57.9 Å². The maximum atomic E-state index is 14.4. The lowest BCUT2D eigenvalue weighted by molar-refractivity contribution is -0.144. The molecule has 3 aromatic heterocycles. The van der Waals surface area contributed by atoms with Gasteiger partial charge in [0.15, 0.2) is 0 Å². The van der Waals surface area contributed by atoms with Crippen LogP contribution in [0.3, 0.4) is 0 Å². The molecule has 0 saturated heterocycles. The lowest BCUT2D eigenvalue weighted by Gasteiger charge is -2.20. The minimum Gasteiger partial charge on any atom is -0.307 e. The largest absolute Gasteiger partial charge is 0.417 e. The number of hydrogen-bond donors (Lipinski definition) is 0. The number of aromatic nitrogens is 3. The lowest BCUT2D eigenvalue weighted by Crippen LogP contribution is -2.12. The van der Waals surface area contributed by atoms with Crippen LogP contribution in [0.25, 0.3) is 88.4 Å². The van der Waals surface area contributed by atoms with Gasteiger partial charge in [0.2, 0.25) is 0 Å². The highest BCUT2D eigenvalue weighted by atomic mass is 19.4. The molecule has 0 atom stereocenters. The molecule has 0 bridgehead atoms. The van der Waals surface area contributed by atoms with E-state index in [2.05, 4.69) is 11.1 Å². The number of benzene rings is 7. The zero-order valence-electron chi connectivity index (χ0n) is 34.3. The van der Waals surface area contributed by atoms with Crippen LogP contribution in [0.4, 0.5) is 52.7 Å². The molecular formula is C52H26F12N4. The van der Waals surface area contributed by atoms with E-state index < -0.39 is 58.1 Å². The van der Waals surface area contributed by atoms with Gasteiger partial charge in [0.05, 0.1) is 79.7 Å². The number of para-hydroxylation sites is 2. The van der Waals surface area contributed by atoms with Crippen LogP contribution in [0, 0.1) is 11.3 Å². The van der Waals surface area contributed by atoms with Crippen LogP contribution in [0.15, 0.2) is 158 Å². The molecule has 10 rings (SSSR count). The lowest BCUT2D eigenvalue weighted by atomic mass is 9.95. The van der Waals surface area contributed by atoms with Gasteiger partial charge in [-0.25, -0.2) is 0 Å². The zero-order chi connectivity index (χ0) is 48.1. The van der Waals surface area contributed by atoms with Crippen molar-refractivity contribution in [2.24, 2.45) is 0 Å². The van der Waals surface area contributed by atoms with Crippen molar-refractivity contribution < 1.29 is 52.7 Å². The summed E-state index contributed by atoms with van der Waals surface area (Å²) in [5.74, 6) is 0. The van der Waals surface area contributed by atoms with Crippen molar-refractivity contribution in [3.8, 4) is 50.8 Å². The van der Waals surface area contributed by atoms with Crippen LogP contribution in [-0.2, 0) is 24.7 Å². The fraction of sp³-hybridized carbons (Fsp3) is 0.0769. The third kappa shape index (κ3) is 7.25. The summed E-state index contributed by atoms with van der Waals surface area (Å²) in [6.45, 7) is 0. The molecule has 0 aliphatic rings. The Bertz CT molecular complexity index is 3500. The Morgan fingerprint density at radius 3 is 1.24 bits per heavy atom. The van der Waals surface area contributed by atoms with E-state index in [4.69, 9.17) is 0 Å². The highest BCUT2D eigenvalue weighted by Gasteiger charge is 2.40. The molecular weight excluding hydrogens is 909 g/mol. The number of nitrogens with zero attached hydrogens (tertiary/aromatic N) is 4. The Morgan fingerprint density at radius 1 is 0.397 bits per heavy atom. The molecule has 16 heteroatoms. The fourth-order valence-corrected chi connectivity index (χ4v) is 9.07. The molecule has 0 spiro atoms. The average molecular weight is 935 g/mol. The Morgan fingerprint density at radius 2 is 0.809 bits per heavy atom. The van der Waals surface area contributed by atoms with E-state index in [9.17, 15) is 57.9 Å². The second kappa shape index (κ2) is 15.5. The molecule has 338 valence electrons. The average Bonchev–Trinajstić information content (AvgIpc) is 3.81. The Kier molecular flexibility index (Phi) is 9.99. The van der Waals surface area contributed by atoms with Gasteiger partial charge in [-0.15, -0.1) is 0 Å². The monoisotopic (exact) mass is 934 g/mol. The molecule has 0 fully saturated rings. The van der Waals surface area contributed by atoms with Crippen molar-refractivity contribution in [2.75, 3.05) is 0 Å². The highest BCUT2D eigenvalue weighted by molar-refractivity contribution is 6.13. The van der Waals surface area contributed by atoms with Crippen molar-refractivity contribution in [3.05, 3.63) is 186 Å². The van der Waals surface area contributed by atoms with Crippen LogP contribution in [0.5, 0.6) is 0 Å². The topological polar surface area (TPSA) is 46.5 Å². The van der Waals surface area contributed by atoms with E-state index in [-0.39, 0.29) is 28.8 Å². The predicted octanol–water partition coefficient (Wildman–Crippen LogP) is 16.2. The first-order valence-corrected chi connectivity index (χ1v) is 20.4. The van der Waals surface area contributed by atoms with Crippen molar-refractivity contribution in [3.63, 3.8) is 0 Å². The Hall–Kier alpha value is -8.06. The van der Waals surface area contributed by atoms with Gasteiger partial charge in [-0.05, 0) is 89.0 Å². The summed E-state index contributed by atoms with van der Waals surface area (Å²) in [5.41, 5.74) is -2.97. The van der Waals surface area contributed by atoms with E-state index in [1.807, 2.05) is 0 Å². The van der Waals surface area contributed by atoms with Gasteiger partial charge < -0.3 is 9.13 Å². The van der Waals surface area contributed by atoms with Crippen LogP contribution in [-0.4, -0.2) is 14.1 Å². The molecule has 10 aromatic rings. The molecule has 7 aromatic carbocycles. The summed E-state index contributed by atoms with van der Waals surface area (Å²) < 4.78 is 172. The maximum absolute atomic E-state index is 14.4. The number of fused-ring (bicyclic) bond motifs is 6. The molecule has 0 amide bonds. The second-order valence-corrected chi connectivity index (χ2v) is 15.9. The first-order valence-electron chi connectivity index (χ1n) is 20.4. The molecule has 0 aliphatic heterocycles. The highest BCUT2D eigenvalue weighted by Crippen LogP contribution is 2.47. The predicted molar refractivity (Wildman–Crippen MR) is 234 cm³/mol. The number of rotatable bonds is 5. The van der Waals surface area contributed by atoms with Gasteiger partial charge >= 0.3 is 24.7 Å². The molecule has 3 heterocycles. The van der Waals surface area contributed by atoms with E-state index in [1.165, 1.54) is 24.3 Å². The van der Waals surface area contributed by atoms with E-state index in [1.54, 1.807) is 106 Å². The summed E-state index contributed by atoms with van der Waals surface area (Å²) in [6, 6.07) is 34.6. The molecule has 4 nitrogen and oxygen atoms in total. The third-order valence-corrected chi connectivity index (χ3v) is 12.0. The van der Waals surface area contributed by atoms with E-state index >= 15 is 0 Å². The van der Waals surface area contributed by atoms with E-state index in [0.29, 0.717) is 78.2 Å². The smallest absolute Gasteiger partial charge is 0.307 e. The third-order valence-electron chi connectivity index (χ3n) is 12.0. The summed E-state index contributed by atoms with van der Waals surface area (Å²) in [5, 5.41) is 12.5. The zero-order valence-corrected chi connectivity index (χ0v) is 34.3. The van der Waals surface area contributed by atoms with Crippen molar-refractivity contribution in [2.45, 2.75) is 24.7 Å². The first kappa shape index (κ1) is 43.8. The normalized spacial score (nSPS) is 12.7. The van der Waals surface area contributed by atoms with Gasteiger partial charge in [-0.1, -0.05) is 78.9 Å². The molecule has 0 saturated carbocycles. The minimum atomic E-state index is -5.14. The van der Waals surface area contributed by atoms with Crippen molar-refractivity contribution in [1.82, 2.24) is 14.1 Å². The number of alkyl halides is 12. The van der Waals surface area contributed by atoms with Gasteiger partial charge in [0.25, 0.3) is 0 Å².